The summed E-state index contributed by atoms with van der Waals surface area (Å²) in [7, 11) is 1.86. The first-order chi connectivity index (χ1) is 17.7. The van der Waals surface area contributed by atoms with Crippen LogP contribution in [0.5, 0.6) is 0 Å². The average Bonchev–Trinajstić information content (AvgIpc) is 3.38. The Morgan fingerprint density at radius 1 is 0.889 bits per heavy atom. The van der Waals surface area contributed by atoms with Gasteiger partial charge in [0, 0.05) is 56.3 Å². The lowest BCUT2D eigenvalue weighted by Gasteiger charge is -2.31. The number of hydrogen-bond donors (Lipinski definition) is 0. The van der Waals surface area contributed by atoms with Crippen molar-refractivity contribution in [1.82, 2.24) is 9.88 Å². The topological polar surface area (TPSA) is 58.8 Å². The number of aryl methyl sites for hydroxylation is 1. The van der Waals surface area contributed by atoms with E-state index in [4.69, 9.17) is 14.1 Å². The molecule has 2 heterocycles. The van der Waals surface area contributed by atoms with Crippen LogP contribution >= 0.6 is 0 Å². The summed E-state index contributed by atoms with van der Waals surface area (Å²) in [5.41, 5.74) is 5.09. The summed E-state index contributed by atoms with van der Waals surface area (Å²) in [5, 5.41) is 0. The first-order valence-corrected chi connectivity index (χ1v) is 12.4. The van der Waals surface area contributed by atoms with E-state index >= 15 is 0 Å². The molecule has 5 rings (SSSR count). The van der Waals surface area contributed by atoms with Gasteiger partial charge in [0.05, 0.1) is 13.2 Å². The van der Waals surface area contributed by atoms with Crippen LogP contribution in [0.25, 0.3) is 22.6 Å². The summed E-state index contributed by atoms with van der Waals surface area (Å²) in [5.74, 6) is 1.37. The molecule has 1 aliphatic rings. The van der Waals surface area contributed by atoms with Gasteiger partial charge in [-0.15, -0.1) is 0 Å². The molecule has 184 valence electrons. The monoisotopic (exact) mass is 481 g/mol. The minimum Gasteiger partial charge on any atom is -0.440 e. The number of benzene rings is 3. The van der Waals surface area contributed by atoms with Crippen molar-refractivity contribution in [2.45, 2.75) is 19.4 Å². The van der Waals surface area contributed by atoms with Crippen molar-refractivity contribution in [3.05, 3.63) is 96.4 Å². The third-order valence-corrected chi connectivity index (χ3v) is 6.48. The third-order valence-electron chi connectivity index (χ3n) is 6.48. The second kappa shape index (κ2) is 11.2. The Hall–Kier alpha value is -3.90. The van der Waals surface area contributed by atoms with Gasteiger partial charge < -0.3 is 19.0 Å². The van der Waals surface area contributed by atoms with E-state index < -0.39 is 0 Å². The molecule has 0 radical (unpaired) electrons. The Balaban J connectivity index is 1.28. The van der Waals surface area contributed by atoms with Crippen molar-refractivity contribution >= 4 is 11.6 Å². The minimum absolute atomic E-state index is 0.0625. The molecule has 36 heavy (non-hydrogen) atoms. The molecule has 0 N–H and O–H groups in total. The van der Waals surface area contributed by atoms with E-state index in [1.807, 2.05) is 79.8 Å². The molecule has 4 aromatic rings. The first kappa shape index (κ1) is 23.8. The van der Waals surface area contributed by atoms with E-state index in [9.17, 15) is 4.79 Å². The molecule has 1 aromatic heterocycles. The highest BCUT2D eigenvalue weighted by atomic mass is 16.5. The SMILES string of the molecule is CN(Cc1ccccc1N1CCOCC1)C(=O)CCc1nc(-c2ccccc2)c(-c2ccccc2)o1. The molecule has 0 bridgehead atoms. The van der Waals surface area contributed by atoms with Crippen LogP contribution < -0.4 is 4.90 Å². The molecular weight excluding hydrogens is 450 g/mol. The molecule has 0 spiro atoms. The van der Waals surface area contributed by atoms with Gasteiger partial charge >= 0.3 is 0 Å². The molecular formula is C30H31N3O3. The Morgan fingerprint density at radius 2 is 1.53 bits per heavy atom. The fourth-order valence-electron chi connectivity index (χ4n) is 4.55. The normalized spacial score (nSPS) is 13.5. The number of carbonyl (C=O) groups is 1. The van der Waals surface area contributed by atoms with Crippen LogP contribution in [0.2, 0.25) is 0 Å². The molecule has 1 saturated heterocycles. The second-order valence-electron chi connectivity index (χ2n) is 9.00. The number of para-hydroxylation sites is 1. The van der Waals surface area contributed by atoms with E-state index in [0.29, 0.717) is 25.3 Å². The highest BCUT2D eigenvalue weighted by Crippen LogP contribution is 2.33. The fraction of sp³-hybridized carbons (Fsp3) is 0.267. The number of nitrogens with zero attached hydrogens (tertiary/aromatic N) is 3. The van der Waals surface area contributed by atoms with Crippen LogP contribution in [0.1, 0.15) is 17.9 Å². The van der Waals surface area contributed by atoms with Crippen molar-refractivity contribution in [2.24, 2.45) is 0 Å². The summed E-state index contributed by atoms with van der Waals surface area (Å²) in [6.07, 6.45) is 0.778. The Morgan fingerprint density at radius 3 is 2.25 bits per heavy atom. The maximum atomic E-state index is 13.1. The number of anilines is 1. The number of hydrogen-bond acceptors (Lipinski definition) is 5. The summed E-state index contributed by atoms with van der Waals surface area (Å²) in [6.45, 7) is 3.76. The second-order valence-corrected chi connectivity index (χ2v) is 9.00. The Labute approximate surface area is 212 Å². The van der Waals surface area contributed by atoms with E-state index in [-0.39, 0.29) is 5.91 Å². The van der Waals surface area contributed by atoms with Gasteiger partial charge in [-0.1, -0.05) is 78.9 Å². The minimum atomic E-state index is 0.0625. The van der Waals surface area contributed by atoms with Crippen LogP contribution in [-0.2, 0) is 22.5 Å². The molecule has 0 saturated carbocycles. The smallest absolute Gasteiger partial charge is 0.223 e. The molecule has 0 atom stereocenters. The van der Waals surface area contributed by atoms with Gasteiger partial charge in [-0.2, -0.15) is 0 Å². The summed E-state index contributed by atoms with van der Waals surface area (Å²) < 4.78 is 11.7. The molecule has 0 aliphatic carbocycles. The maximum absolute atomic E-state index is 13.1. The van der Waals surface area contributed by atoms with Gasteiger partial charge in [-0.25, -0.2) is 4.98 Å². The van der Waals surface area contributed by atoms with E-state index in [1.54, 1.807) is 4.90 Å². The lowest BCUT2D eigenvalue weighted by molar-refractivity contribution is -0.130. The van der Waals surface area contributed by atoms with Crippen molar-refractivity contribution in [3.63, 3.8) is 0 Å². The zero-order valence-corrected chi connectivity index (χ0v) is 20.6. The zero-order valence-electron chi connectivity index (χ0n) is 20.6. The number of morpholine rings is 1. The number of oxazole rings is 1. The third kappa shape index (κ3) is 5.50. The summed E-state index contributed by atoms with van der Waals surface area (Å²) in [4.78, 5) is 22.0. The number of carbonyl (C=O) groups excluding carboxylic acids is 1. The summed E-state index contributed by atoms with van der Waals surface area (Å²) in [6, 6.07) is 28.3. The largest absolute Gasteiger partial charge is 0.440 e. The predicted molar refractivity (Wildman–Crippen MR) is 142 cm³/mol. The van der Waals surface area contributed by atoms with Crippen LogP contribution in [-0.4, -0.2) is 49.1 Å². The van der Waals surface area contributed by atoms with E-state index in [2.05, 4.69) is 17.0 Å². The van der Waals surface area contributed by atoms with Crippen LogP contribution in [0.15, 0.2) is 89.3 Å². The molecule has 1 amide bonds. The number of ether oxygens (including phenoxy) is 1. The molecule has 6 heteroatoms. The number of rotatable bonds is 8. The highest BCUT2D eigenvalue weighted by Gasteiger charge is 2.20. The number of aromatic nitrogens is 1. The van der Waals surface area contributed by atoms with Gasteiger partial charge in [-0.3, -0.25) is 4.79 Å². The Bertz CT molecular complexity index is 1220. The molecule has 0 unspecified atom stereocenters. The average molecular weight is 482 g/mol. The summed E-state index contributed by atoms with van der Waals surface area (Å²) >= 11 is 0. The maximum Gasteiger partial charge on any atom is 0.223 e. The Kier molecular flexibility index (Phi) is 7.43. The number of amides is 1. The van der Waals surface area contributed by atoms with Crippen molar-refractivity contribution in [2.75, 3.05) is 38.3 Å². The lowest BCUT2D eigenvalue weighted by Crippen LogP contribution is -2.37. The van der Waals surface area contributed by atoms with Crippen LogP contribution in [0.4, 0.5) is 5.69 Å². The zero-order chi connectivity index (χ0) is 24.7. The van der Waals surface area contributed by atoms with E-state index in [0.717, 1.165) is 54.4 Å². The van der Waals surface area contributed by atoms with Gasteiger partial charge in [0.2, 0.25) is 5.91 Å². The van der Waals surface area contributed by atoms with Gasteiger partial charge in [-0.05, 0) is 11.6 Å². The molecule has 3 aromatic carbocycles. The van der Waals surface area contributed by atoms with Crippen LogP contribution in [0.3, 0.4) is 0 Å². The predicted octanol–water partition coefficient (Wildman–Crippen LogP) is 5.44. The van der Waals surface area contributed by atoms with Crippen molar-refractivity contribution in [1.29, 1.82) is 0 Å². The van der Waals surface area contributed by atoms with Crippen LogP contribution in [0, 0.1) is 0 Å². The van der Waals surface area contributed by atoms with Crippen molar-refractivity contribution < 1.29 is 13.9 Å². The quantitative estimate of drug-likeness (QED) is 0.336. The van der Waals surface area contributed by atoms with Gasteiger partial charge in [0.1, 0.15) is 5.69 Å². The fourth-order valence-corrected chi connectivity index (χ4v) is 4.55. The van der Waals surface area contributed by atoms with Crippen molar-refractivity contribution in [3.8, 4) is 22.6 Å². The van der Waals surface area contributed by atoms with E-state index in [1.165, 1.54) is 5.69 Å². The molecule has 1 fully saturated rings. The standard InChI is InChI=1S/C30H31N3O3/c1-32(22-25-14-8-9-15-26(25)33-18-20-35-21-19-33)28(34)17-16-27-31-29(23-10-4-2-5-11-23)30(36-27)24-12-6-3-7-13-24/h2-15H,16-22H2,1H3. The molecule has 1 aliphatic heterocycles. The molecule has 6 nitrogen and oxygen atoms in total. The highest BCUT2D eigenvalue weighted by molar-refractivity contribution is 5.78. The van der Waals surface area contributed by atoms with Gasteiger partial charge in [0.25, 0.3) is 0 Å². The lowest BCUT2D eigenvalue weighted by atomic mass is 10.1. The van der Waals surface area contributed by atoms with Gasteiger partial charge in [0.15, 0.2) is 11.7 Å². The first-order valence-electron chi connectivity index (χ1n) is 12.4.